The van der Waals surface area contributed by atoms with E-state index >= 15 is 0 Å². The van der Waals surface area contributed by atoms with Crippen molar-refractivity contribution in [2.24, 2.45) is 5.73 Å². The maximum absolute atomic E-state index is 8.19. The highest BCUT2D eigenvalue weighted by molar-refractivity contribution is 4.93. The predicted molar refractivity (Wildman–Crippen MR) is 25.0 cm³/mol. The van der Waals surface area contributed by atoms with Gasteiger partial charge in [-0.05, 0) is 18.7 Å². The summed E-state index contributed by atoms with van der Waals surface area (Å²) in [6.45, 7) is 1.83. The Kier molecular flexibility index (Phi) is 2.50. The normalized spacial score (nSPS) is 12.0. The summed E-state index contributed by atoms with van der Waals surface area (Å²) in [6, 6.07) is 0. The summed E-state index contributed by atoms with van der Waals surface area (Å²) in [5, 5.41) is 8.19. The minimum Gasteiger partial charge on any atom is -0.405 e. The van der Waals surface area contributed by atoms with Crippen LogP contribution >= 0.6 is 0 Å². The maximum atomic E-state index is 8.19. The van der Waals surface area contributed by atoms with Gasteiger partial charge in [-0.15, -0.1) is 0 Å². The third-order valence-corrected chi connectivity index (χ3v) is 0.534. The molecule has 0 saturated carbocycles. The minimum atomic E-state index is 0.0660. The van der Waals surface area contributed by atoms with Crippen LogP contribution < -0.4 is 5.73 Å². The van der Waals surface area contributed by atoms with E-state index in [9.17, 15) is 0 Å². The zero-order chi connectivity index (χ0) is 4.99. The topological polar surface area (TPSA) is 46.2 Å². The number of nitrogens with two attached hydrogens (primary N) is 1. The molecule has 0 unspecified atom stereocenters. The van der Waals surface area contributed by atoms with Gasteiger partial charge in [0, 0.05) is 0 Å². The Hall–Kier alpha value is -0.500. The van der Waals surface area contributed by atoms with E-state index < -0.39 is 0 Å². The van der Waals surface area contributed by atoms with Crippen molar-refractivity contribution in [2.45, 2.75) is 6.92 Å². The Morgan fingerprint density at radius 1 is 2.00 bits per heavy atom. The number of rotatable bonds is 1. The summed E-state index contributed by atoms with van der Waals surface area (Å²) in [5.41, 5.74) is 5.76. The minimum absolute atomic E-state index is 0.0660. The monoisotopic (exact) mass is 87.1 g/mol. The molecule has 0 aliphatic rings. The van der Waals surface area contributed by atoms with Crippen molar-refractivity contribution in [2.75, 3.05) is 6.61 Å². The molecule has 0 aliphatic heterocycles. The first-order valence-electron chi connectivity index (χ1n) is 1.79. The van der Waals surface area contributed by atoms with Gasteiger partial charge in [-0.2, -0.15) is 0 Å². The molecule has 3 N–H and O–H groups in total. The molecular weight excluding hydrogens is 78.0 g/mol. The average Bonchev–Trinajstić information content (AvgIpc) is 1.65. The summed E-state index contributed by atoms with van der Waals surface area (Å²) in [5.74, 6) is 0. The third kappa shape index (κ3) is 1.79. The van der Waals surface area contributed by atoms with E-state index in [1.54, 1.807) is 6.92 Å². The Balaban J connectivity index is 3.22. The molecule has 0 rings (SSSR count). The van der Waals surface area contributed by atoms with Crippen molar-refractivity contribution < 1.29 is 5.11 Å². The molecule has 6 heavy (non-hydrogen) atoms. The summed E-state index contributed by atoms with van der Waals surface area (Å²) in [6.07, 6.45) is 1.39. The van der Waals surface area contributed by atoms with Gasteiger partial charge < -0.3 is 10.8 Å². The van der Waals surface area contributed by atoms with Crippen LogP contribution in [0.5, 0.6) is 0 Å². The van der Waals surface area contributed by atoms with E-state index in [2.05, 4.69) is 0 Å². The molecular formula is C4H9NO. The predicted octanol–water partition coefficient (Wildman–Crippen LogP) is -0.159. The van der Waals surface area contributed by atoms with Gasteiger partial charge in [0.1, 0.15) is 0 Å². The van der Waals surface area contributed by atoms with Crippen LogP contribution in [0.15, 0.2) is 11.8 Å². The van der Waals surface area contributed by atoms with Crippen LogP contribution in [-0.4, -0.2) is 11.7 Å². The lowest BCUT2D eigenvalue weighted by Crippen LogP contribution is -1.88. The number of hydrogen-bond acceptors (Lipinski definition) is 2. The quantitative estimate of drug-likeness (QED) is 0.467. The summed E-state index contributed by atoms with van der Waals surface area (Å²) >= 11 is 0. The molecule has 0 fully saturated rings. The Morgan fingerprint density at radius 3 is 2.50 bits per heavy atom. The zero-order valence-electron chi connectivity index (χ0n) is 3.81. The molecule has 0 radical (unpaired) electrons. The smallest absolute Gasteiger partial charge is 0.0655 e. The molecule has 0 aromatic rings. The van der Waals surface area contributed by atoms with E-state index in [1.165, 1.54) is 6.20 Å². The number of hydrogen-bond donors (Lipinski definition) is 2. The Labute approximate surface area is 37.3 Å². The summed E-state index contributed by atoms with van der Waals surface area (Å²) < 4.78 is 0. The van der Waals surface area contributed by atoms with Crippen LogP contribution in [-0.2, 0) is 0 Å². The lowest BCUT2D eigenvalue weighted by Gasteiger charge is -1.84. The van der Waals surface area contributed by atoms with Crippen LogP contribution in [0.1, 0.15) is 6.92 Å². The largest absolute Gasteiger partial charge is 0.405 e. The highest BCUT2D eigenvalue weighted by Crippen LogP contribution is 1.80. The van der Waals surface area contributed by atoms with Crippen molar-refractivity contribution in [3.63, 3.8) is 0 Å². The molecule has 0 aliphatic carbocycles. The second kappa shape index (κ2) is 2.72. The average molecular weight is 87.1 g/mol. The second-order valence-corrected chi connectivity index (χ2v) is 1.17. The van der Waals surface area contributed by atoms with Gasteiger partial charge in [0.15, 0.2) is 0 Å². The molecule has 0 spiro atoms. The van der Waals surface area contributed by atoms with E-state index in [4.69, 9.17) is 10.8 Å². The molecule has 0 aromatic carbocycles. The highest BCUT2D eigenvalue weighted by Gasteiger charge is 1.75. The van der Waals surface area contributed by atoms with E-state index in [0.717, 1.165) is 5.57 Å². The van der Waals surface area contributed by atoms with Gasteiger partial charge in [-0.3, -0.25) is 0 Å². The van der Waals surface area contributed by atoms with E-state index in [1.807, 2.05) is 0 Å². The lowest BCUT2D eigenvalue weighted by molar-refractivity contribution is 0.331. The fraction of sp³-hybridized carbons (Fsp3) is 0.500. The lowest BCUT2D eigenvalue weighted by atomic mass is 10.4. The first-order valence-corrected chi connectivity index (χ1v) is 1.79. The fourth-order valence-electron chi connectivity index (χ4n) is 0.0527. The van der Waals surface area contributed by atoms with E-state index in [0.29, 0.717) is 0 Å². The first-order chi connectivity index (χ1) is 2.81. The van der Waals surface area contributed by atoms with Gasteiger partial charge in [0.25, 0.3) is 0 Å². The van der Waals surface area contributed by atoms with Gasteiger partial charge in [-0.1, -0.05) is 0 Å². The third-order valence-electron chi connectivity index (χ3n) is 0.534. The molecule has 2 nitrogen and oxygen atoms in total. The standard InChI is InChI=1S/C4H9NO/c1-4(2-5)3-6/h2,6H,3,5H2,1H3/b4-2+. The van der Waals surface area contributed by atoms with Gasteiger partial charge >= 0.3 is 0 Å². The molecule has 0 heterocycles. The van der Waals surface area contributed by atoms with Gasteiger partial charge in [-0.25, -0.2) is 0 Å². The summed E-state index contributed by atoms with van der Waals surface area (Å²) in [7, 11) is 0. The number of aliphatic hydroxyl groups is 1. The molecule has 2 heteroatoms. The van der Waals surface area contributed by atoms with Crippen LogP contribution in [0.4, 0.5) is 0 Å². The Bertz CT molecular complexity index is 58.6. The van der Waals surface area contributed by atoms with Crippen molar-refractivity contribution in [3.8, 4) is 0 Å². The highest BCUT2D eigenvalue weighted by atomic mass is 16.3. The SMILES string of the molecule is C/C(=C\N)CO. The Morgan fingerprint density at radius 2 is 2.50 bits per heavy atom. The molecule has 0 saturated heterocycles. The van der Waals surface area contributed by atoms with Crippen LogP contribution in [0.3, 0.4) is 0 Å². The fourth-order valence-corrected chi connectivity index (χ4v) is 0.0527. The summed E-state index contributed by atoms with van der Waals surface area (Å²) in [4.78, 5) is 0. The molecule has 0 aromatic heterocycles. The molecule has 36 valence electrons. The maximum Gasteiger partial charge on any atom is 0.0655 e. The van der Waals surface area contributed by atoms with Crippen LogP contribution in [0.2, 0.25) is 0 Å². The van der Waals surface area contributed by atoms with Crippen molar-refractivity contribution in [1.29, 1.82) is 0 Å². The second-order valence-electron chi connectivity index (χ2n) is 1.17. The van der Waals surface area contributed by atoms with E-state index in [-0.39, 0.29) is 6.61 Å². The molecule has 0 atom stereocenters. The molecule has 0 bridgehead atoms. The van der Waals surface area contributed by atoms with Crippen molar-refractivity contribution >= 4 is 0 Å². The van der Waals surface area contributed by atoms with Gasteiger partial charge in [0.05, 0.1) is 6.61 Å². The van der Waals surface area contributed by atoms with Crippen LogP contribution in [0, 0.1) is 0 Å². The van der Waals surface area contributed by atoms with Crippen molar-refractivity contribution in [3.05, 3.63) is 11.8 Å². The molecule has 0 amide bonds. The number of aliphatic hydroxyl groups excluding tert-OH is 1. The van der Waals surface area contributed by atoms with Crippen molar-refractivity contribution in [1.82, 2.24) is 0 Å². The van der Waals surface area contributed by atoms with Crippen LogP contribution in [0.25, 0.3) is 0 Å². The zero-order valence-corrected chi connectivity index (χ0v) is 3.81. The first kappa shape index (κ1) is 5.50. The van der Waals surface area contributed by atoms with Gasteiger partial charge in [0.2, 0.25) is 0 Å².